The first kappa shape index (κ1) is 12.9. The molecule has 1 atom stereocenters. The van der Waals surface area contributed by atoms with Crippen molar-refractivity contribution in [3.05, 3.63) is 27.0 Å². The summed E-state index contributed by atoms with van der Waals surface area (Å²) in [7, 11) is 0. The van der Waals surface area contributed by atoms with E-state index in [9.17, 15) is 9.59 Å². The fourth-order valence-corrected chi connectivity index (χ4v) is 2.22. The highest BCUT2D eigenvalue weighted by atomic mass is 16.5. The first-order chi connectivity index (χ1) is 8.63. The Morgan fingerprint density at radius 1 is 1.44 bits per heavy atom. The lowest BCUT2D eigenvalue weighted by molar-refractivity contribution is 0.00452. The van der Waals surface area contributed by atoms with Gasteiger partial charge in [0.25, 0.3) is 5.56 Å². The van der Waals surface area contributed by atoms with Gasteiger partial charge >= 0.3 is 5.69 Å². The van der Waals surface area contributed by atoms with Gasteiger partial charge in [0.1, 0.15) is 5.69 Å². The average Bonchev–Trinajstić information content (AvgIpc) is 2.40. The molecule has 6 heteroatoms. The summed E-state index contributed by atoms with van der Waals surface area (Å²) in [6.07, 6.45) is 4.34. The van der Waals surface area contributed by atoms with E-state index in [0.717, 1.165) is 19.3 Å². The number of aromatic nitrogens is 2. The molecular formula is C12H19N3O3. The van der Waals surface area contributed by atoms with Crippen molar-refractivity contribution < 1.29 is 4.74 Å². The van der Waals surface area contributed by atoms with Gasteiger partial charge in [-0.3, -0.25) is 13.9 Å². The van der Waals surface area contributed by atoms with Crippen molar-refractivity contribution in [3.63, 3.8) is 0 Å². The molecule has 0 amide bonds. The molecule has 100 valence electrons. The maximum absolute atomic E-state index is 12.1. The summed E-state index contributed by atoms with van der Waals surface area (Å²) < 4.78 is 8.19. The van der Waals surface area contributed by atoms with E-state index in [-0.39, 0.29) is 17.5 Å². The van der Waals surface area contributed by atoms with Crippen LogP contribution in [-0.2, 0) is 17.8 Å². The molecule has 1 aromatic rings. The summed E-state index contributed by atoms with van der Waals surface area (Å²) >= 11 is 0. The Labute approximate surface area is 105 Å². The van der Waals surface area contributed by atoms with Gasteiger partial charge in [-0.25, -0.2) is 4.79 Å². The van der Waals surface area contributed by atoms with E-state index in [1.54, 1.807) is 0 Å². The summed E-state index contributed by atoms with van der Waals surface area (Å²) in [6, 6.07) is 0. The average molecular weight is 253 g/mol. The minimum absolute atomic E-state index is 0.0590. The van der Waals surface area contributed by atoms with Crippen molar-refractivity contribution in [2.45, 2.75) is 45.4 Å². The van der Waals surface area contributed by atoms with Crippen molar-refractivity contribution in [2.75, 3.05) is 12.3 Å². The van der Waals surface area contributed by atoms with E-state index in [2.05, 4.69) is 0 Å². The topological polar surface area (TPSA) is 79.2 Å². The van der Waals surface area contributed by atoms with Gasteiger partial charge in [0.05, 0.1) is 12.6 Å². The zero-order valence-electron chi connectivity index (χ0n) is 10.6. The first-order valence-electron chi connectivity index (χ1n) is 6.35. The molecule has 1 aromatic heterocycles. The lowest BCUT2D eigenvalue weighted by atomic mass is 10.1. The predicted octanol–water partition coefficient (Wildman–Crippen LogP) is 0.181. The zero-order chi connectivity index (χ0) is 13.1. The van der Waals surface area contributed by atoms with Crippen LogP contribution in [0.4, 0.5) is 5.69 Å². The Morgan fingerprint density at radius 3 is 2.83 bits per heavy atom. The Bertz CT molecular complexity index is 526. The van der Waals surface area contributed by atoms with Crippen LogP contribution in [0.2, 0.25) is 0 Å². The Morgan fingerprint density at radius 2 is 2.22 bits per heavy atom. The molecule has 0 aromatic carbocycles. The van der Waals surface area contributed by atoms with E-state index in [1.165, 1.54) is 15.3 Å². The zero-order valence-corrected chi connectivity index (χ0v) is 10.6. The van der Waals surface area contributed by atoms with Gasteiger partial charge in [0.2, 0.25) is 0 Å². The van der Waals surface area contributed by atoms with Crippen LogP contribution in [0, 0.1) is 0 Å². The highest BCUT2D eigenvalue weighted by Crippen LogP contribution is 2.13. The molecule has 2 rings (SSSR count). The molecular weight excluding hydrogens is 234 g/mol. The second-order valence-electron chi connectivity index (χ2n) is 4.56. The molecule has 0 saturated carbocycles. The van der Waals surface area contributed by atoms with Crippen LogP contribution >= 0.6 is 0 Å². The number of nitrogen functional groups attached to an aromatic ring is 1. The molecule has 2 heterocycles. The monoisotopic (exact) mass is 253 g/mol. The van der Waals surface area contributed by atoms with Crippen LogP contribution in [0.25, 0.3) is 0 Å². The molecule has 1 fully saturated rings. The number of hydrogen-bond donors (Lipinski definition) is 1. The van der Waals surface area contributed by atoms with Crippen LogP contribution < -0.4 is 17.0 Å². The standard InChI is InChI=1S/C12H19N3O3/c1-2-14-8-10(13)11(16)15(12(14)17)7-9-5-3-4-6-18-9/h8-9H,2-7,13H2,1H3. The van der Waals surface area contributed by atoms with Crippen molar-refractivity contribution >= 4 is 5.69 Å². The van der Waals surface area contributed by atoms with Gasteiger partial charge < -0.3 is 10.5 Å². The normalized spacial score (nSPS) is 19.9. The molecule has 0 bridgehead atoms. The molecule has 1 aliphatic heterocycles. The number of aryl methyl sites for hydroxylation is 1. The van der Waals surface area contributed by atoms with Crippen molar-refractivity contribution in [2.24, 2.45) is 0 Å². The molecule has 18 heavy (non-hydrogen) atoms. The second-order valence-corrected chi connectivity index (χ2v) is 4.56. The fourth-order valence-electron chi connectivity index (χ4n) is 2.22. The van der Waals surface area contributed by atoms with Gasteiger partial charge in [0.15, 0.2) is 0 Å². The van der Waals surface area contributed by atoms with Gasteiger partial charge in [-0.1, -0.05) is 0 Å². The van der Waals surface area contributed by atoms with Crippen LogP contribution in [0.3, 0.4) is 0 Å². The van der Waals surface area contributed by atoms with Crippen molar-refractivity contribution in [1.82, 2.24) is 9.13 Å². The summed E-state index contributed by atoms with van der Waals surface area (Å²) in [4.78, 5) is 24.0. The summed E-state index contributed by atoms with van der Waals surface area (Å²) in [5.41, 5.74) is 5.01. The minimum Gasteiger partial charge on any atom is -0.393 e. The van der Waals surface area contributed by atoms with Gasteiger partial charge in [-0.2, -0.15) is 0 Å². The Kier molecular flexibility index (Phi) is 3.86. The number of rotatable bonds is 3. The number of nitrogens with two attached hydrogens (primary N) is 1. The summed E-state index contributed by atoms with van der Waals surface area (Å²) in [6.45, 7) is 3.33. The molecule has 2 N–H and O–H groups in total. The molecule has 1 aliphatic rings. The second kappa shape index (κ2) is 5.39. The highest BCUT2D eigenvalue weighted by Gasteiger charge is 2.17. The number of hydrogen-bond acceptors (Lipinski definition) is 4. The minimum atomic E-state index is -0.418. The van der Waals surface area contributed by atoms with Crippen LogP contribution in [0.5, 0.6) is 0 Å². The smallest absolute Gasteiger partial charge is 0.331 e. The number of anilines is 1. The summed E-state index contributed by atoms with van der Waals surface area (Å²) in [5, 5.41) is 0. The lowest BCUT2D eigenvalue weighted by Crippen LogP contribution is -2.43. The van der Waals surface area contributed by atoms with Crippen molar-refractivity contribution in [1.29, 1.82) is 0 Å². The fraction of sp³-hybridized carbons (Fsp3) is 0.667. The van der Waals surface area contributed by atoms with Crippen molar-refractivity contribution in [3.8, 4) is 0 Å². The van der Waals surface area contributed by atoms with E-state index >= 15 is 0 Å². The third-order valence-electron chi connectivity index (χ3n) is 3.26. The molecule has 1 unspecified atom stereocenters. The van der Waals surface area contributed by atoms with Crippen LogP contribution in [0.15, 0.2) is 15.8 Å². The van der Waals surface area contributed by atoms with E-state index < -0.39 is 5.56 Å². The van der Waals surface area contributed by atoms with Gasteiger partial charge in [-0.05, 0) is 26.2 Å². The highest BCUT2D eigenvalue weighted by molar-refractivity contribution is 5.30. The predicted molar refractivity (Wildman–Crippen MR) is 68.6 cm³/mol. The molecule has 0 spiro atoms. The quantitative estimate of drug-likeness (QED) is 0.833. The molecule has 6 nitrogen and oxygen atoms in total. The third-order valence-corrected chi connectivity index (χ3v) is 3.26. The maximum Gasteiger partial charge on any atom is 0.331 e. The van der Waals surface area contributed by atoms with Crippen LogP contribution in [0.1, 0.15) is 26.2 Å². The number of nitrogens with zero attached hydrogens (tertiary/aromatic N) is 2. The van der Waals surface area contributed by atoms with Gasteiger partial charge in [-0.15, -0.1) is 0 Å². The molecule has 0 radical (unpaired) electrons. The van der Waals surface area contributed by atoms with E-state index in [1.807, 2.05) is 6.92 Å². The number of ether oxygens (including phenoxy) is 1. The first-order valence-corrected chi connectivity index (χ1v) is 6.35. The van der Waals surface area contributed by atoms with Gasteiger partial charge in [0, 0.05) is 19.3 Å². The van der Waals surface area contributed by atoms with Crippen LogP contribution in [-0.4, -0.2) is 21.8 Å². The molecule has 0 aliphatic carbocycles. The SMILES string of the molecule is CCn1cc(N)c(=O)n(CC2CCCCO2)c1=O. The van der Waals surface area contributed by atoms with E-state index in [4.69, 9.17) is 10.5 Å². The summed E-state index contributed by atoms with van der Waals surface area (Å²) in [5.74, 6) is 0. The lowest BCUT2D eigenvalue weighted by Gasteiger charge is -2.23. The Hall–Kier alpha value is -1.56. The third kappa shape index (κ3) is 2.48. The van der Waals surface area contributed by atoms with E-state index in [0.29, 0.717) is 19.7 Å². The maximum atomic E-state index is 12.1. The molecule has 1 saturated heterocycles. The Balaban J connectivity index is 2.34. The largest absolute Gasteiger partial charge is 0.393 e.